The Labute approximate surface area is 607 Å². The lowest BCUT2D eigenvalue weighted by atomic mass is 9.93. The van der Waals surface area contributed by atoms with Crippen molar-refractivity contribution in [1.29, 1.82) is 5.41 Å². The van der Waals surface area contributed by atoms with Crippen LogP contribution in [0.3, 0.4) is 0 Å². The highest BCUT2D eigenvalue weighted by atomic mass is 79.9. The molecule has 4 aromatic carbocycles. The molecule has 12 N–H and O–H groups in total. The zero-order valence-electron chi connectivity index (χ0n) is 56.3. The molecule has 6 heterocycles. The molecule has 540 valence electrons. The van der Waals surface area contributed by atoms with Crippen molar-refractivity contribution in [3.63, 3.8) is 0 Å². The van der Waals surface area contributed by atoms with E-state index in [4.69, 9.17) is 70.7 Å². The van der Waals surface area contributed by atoms with Crippen LogP contribution in [0, 0.1) is 18.6 Å². The van der Waals surface area contributed by atoms with E-state index >= 15 is 0 Å². The number of fused-ring (bicyclic) bond motifs is 3. The second kappa shape index (κ2) is 47.5. The van der Waals surface area contributed by atoms with E-state index in [1.807, 2.05) is 140 Å². The Morgan fingerprint density at radius 1 is 0.634 bits per heavy atom. The number of nitrogens with two attached hydrogens (primary N) is 2. The molecule has 0 bridgehead atoms. The summed E-state index contributed by atoms with van der Waals surface area (Å²) in [5, 5.41) is 32.8. The molecule has 0 saturated heterocycles. The van der Waals surface area contributed by atoms with E-state index in [2.05, 4.69) is 80.3 Å². The number of hydrogen-bond acceptors (Lipinski definition) is 19. The van der Waals surface area contributed by atoms with Gasteiger partial charge in [-0.2, -0.15) is 0 Å². The summed E-state index contributed by atoms with van der Waals surface area (Å²) in [6.07, 6.45) is 12.2. The number of ether oxygens (including phenoxy) is 6. The first-order valence-electron chi connectivity index (χ1n) is 31.3. The first kappa shape index (κ1) is 85.7. The van der Waals surface area contributed by atoms with E-state index in [9.17, 15) is 19.5 Å². The lowest BCUT2D eigenvalue weighted by Crippen LogP contribution is -2.28. The first-order chi connectivity index (χ1) is 47.9. The molecule has 2 aliphatic rings. The SMILES string of the molecule is C.COC(CBr)OC.Cl.Clc1nc(-c2ccccc2)nc2[nH]ccc12.N=C(N)c1ccccc1.NC1CCC(O)CC1.O=c1[nH]c(-c2ccccc2)nc2[nH]ccc12.OC1CCC(Nc2nc(-c3ccccc3)nc3[nH]ccc23)CC1.[C-]#[N+]C(CC(OC)OC)C(=O)OC.[C-]#[N+]CC(=O)OC. The van der Waals surface area contributed by atoms with Gasteiger partial charge >= 0.3 is 24.5 Å². The van der Waals surface area contributed by atoms with Crippen molar-refractivity contribution in [3.8, 4) is 34.2 Å². The van der Waals surface area contributed by atoms with Crippen molar-refractivity contribution in [1.82, 2.24) is 44.9 Å². The molecule has 10 aromatic rings. The number of carbonyl (C=O) groups excluding carboxylic acids is 2. The summed E-state index contributed by atoms with van der Waals surface area (Å²) in [5.74, 6) is 1.90. The summed E-state index contributed by atoms with van der Waals surface area (Å²) in [6.45, 7) is 12.7. The Kier molecular flexibility index (Phi) is 40.4. The predicted molar refractivity (Wildman–Crippen MR) is 401 cm³/mol. The number of anilines is 1. The standard InChI is InChI=1S/C18H20N4O.C12H8ClN3.C12H9N3O.C8H13NO4.C7H8N2.C6H13NO.C4H9BrO2.C4H5NO2.CH4.ClH/c23-14-8-6-13(7-9-14)20-18-15-10-11-19-17(15)21-16(22-18)12-4-2-1-3-5-12;13-10-9-6-7-14-12(9)16-11(15-10)8-4-2-1-3-5-8;16-12-9-6-7-13-11(9)14-10(15-12)8-4-2-1-3-5-8;1-9-6(8(10)13-4)5-7(11-2)12-3;8-7(9)6-4-2-1-3-5-6;7-5-1-3-6(8)4-2-5;1-6-4(3-5)7-2;1-5-3-4(6)7-2;;/h1-5,10-11,13-14,23H,6-9H2,(H2,19,20,21,22);1-7H,(H,14,15,16);1-7H,(H2,13,14,15,16);6-7H,5H2,2-4H3;1-5H,(H3,8,9);5-6,8H,1-4,7H2;4H,3H2,1-2H3;3H2,2H3;1H4;1H. The first-order valence-corrected chi connectivity index (χ1v) is 32.8. The number of hydrogen-bond donors (Lipinski definition) is 10. The number of H-pyrrole nitrogens is 4. The monoisotopic (exact) mass is 1490 g/mol. The Bertz CT molecular complexity index is 4110. The third-order valence-corrected chi connectivity index (χ3v) is 15.7. The van der Waals surface area contributed by atoms with Gasteiger partial charge < -0.3 is 85.0 Å². The van der Waals surface area contributed by atoms with Crippen LogP contribution in [0.25, 0.3) is 77.0 Å². The second-order valence-electron chi connectivity index (χ2n) is 21.7. The molecule has 1 atom stereocenters. The van der Waals surface area contributed by atoms with Crippen LogP contribution in [-0.2, 0) is 38.0 Å². The zero-order valence-corrected chi connectivity index (χ0v) is 59.5. The number of aliphatic hydroxyl groups excluding tert-OH is 2. The molecule has 0 aliphatic heterocycles. The van der Waals surface area contributed by atoms with Gasteiger partial charge in [0.2, 0.25) is 0 Å². The van der Waals surface area contributed by atoms with Crippen LogP contribution in [-0.4, -0.2) is 170 Å². The highest BCUT2D eigenvalue weighted by Crippen LogP contribution is 2.29. The number of alkyl halides is 1. The summed E-state index contributed by atoms with van der Waals surface area (Å²) >= 11 is 9.27. The fraction of sp³-hybridized carbons (Fsp3) is 0.347. The lowest BCUT2D eigenvalue weighted by Gasteiger charge is -2.26. The van der Waals surface area contributed by atoms with Crippen molar-refractivity contribution in [2.75, 3.05) is 59.9 Å². The normalized spacial score (nSPS) is 15.0. The molecule has 2 saturated carbocycles. The van der Waals surface area contributed by atoms with Gasteiger partial charge in [0.25, 0.3) is 5.56 Å². The molecular weight excluding hydrogens is 1400 g/mol. The number of aliphatic hydroxyl groups is 2. The number of methoxy groups -OCH3 is 6. The van der Waals surface area contributed by atoms with Crippen LogP contribution >= 0.6 is 39.9 Å². The third-order valence-electron chi connectivity index (χ3n) is 14.8. The molecular formula is C72H90BrCl2N15O11. The second-order valence-corrected chi connectivity index (χ2v) is 22.7. The molecule has 101 heavy (non-hydrogen) atoms. The number of nitrogen functional groups attached to an aromatic ring is 1. The predicted octanol–water partition coefficient (Wildman–Crippen LogP) is 12.3. The number of esters is 2. The maximum atomic E-state index is 11.7. The van der Waals surface area contributed by atoms with Crippen molar-refractivity contribution in [2.45, 2.75) is 108 Å². The number of nitrogens with zero attached hydrogens (tertiary/aromatic N) is 7. The molecule has 2 aliphatic carbocycles. The van der Waals surface area contributed by atoms with Gasteiger partial charge in [-0.15, -0.1) is 12.4 Å². The number of benzene rings is 4. The zero-order chi connectivity index (χ0) is 71.9. The number of nitrogens with one attached hydrogen (secondary N) is 6. The van der Waals surface area contributed by atoms with Crippen LogP contribution in [0.5, 0.6) is 0 Å². The summed E-state index contributed by atoms with van der Waals surface area (Å²) in [5.41, 5.74) is 16.5. The van der Waals surface area contributed by atoms with Crippen molar-refractivity contribution >= 4 is 96.6 Å². The number of amidine groups is 1. The molecule has 29 heteroatoms. The summed E-state index contributed by atoms with van der Waals surface area (Å²) in [7, 11) is 8.62. The average molecular weight is 1490 g/mol. The maximum Gasteiger partial charge on any atom is 0.390 e. The largest absolute Gasteiger partial charge is 0.464 e. The van der Waals surface area contributed by atoms with Crippen molar-refractivity contribution < 1.29 is 48.2 Å². The number of carbonyl (C=O) groups is 2. The maximum absolute atomic E-state index is 11.7. The molecule has 26 nitrogen and oxygen atoms in total. The van der Waals surface area contributed by atoms with Gasteiger partial charge in [0.1, 0.15) is 39.6 Å². The summed E-state index contributed by atoms with van der Waals surface area (Å²) in [4.78, 5) is 72.9. The Balaban J connectivity index is 0.000000310. The van der Waals surface area contributed by atoms with Gasteiger partial charge in [0, 0.05) is 81.4 Å². The fourth-order valence-corrected chi connectivity index (χ4v) is 10.1. The van der Waals surface area contributed by atoms with Crippen LogP contribution < -0.4 is 22.3 Å². The van der Waals surface area contributed by atoms with Gasteiger partial charge in [0.05, 0.1) is 54.3 Å². The smallest absolute Gasteiger partial charge is 0.390 e. The molecule has 0 spiro atoms. The molecule has 2 fully saturated rings. The molecule has 6 aromatic heterocycles. The molecule has 0 radical (unpaired) electrons. The van der Waals surface area contributed by atoms with Gasteiger partial charge in [-0.1, -0.05) is 156 Å². The van der Waals surface area contributed by atoms with E-state index in [0.29, 0.717) is 39.9 Å². The minimum absolute atomic E-state index is 0. The number of halogens is 3. The summed E-state index contributed by atoms with van der Waals surface area (Å²) in [6, 6.07) is 44.0. The van der Waals surface area contributed by atoms with E-state index in [1.165, 1.54) is 28.4 Å². The highest BCUT2D eigenvalue weighted by Gasteiger charge is 2.29. The Morgan fingerprint density at radius 3 is 1.50 bits per heavy atom. The van der Waals surface area contributed by atoms with Crippen molar-refractivity contribution in [3.05, 3.63) is 202 Å². The molecule has 0 amide bonds. The van der Waals surface area contributed by atoms with E-state index in [0.717, 1.165) is 113 Å². The quantitative estimate of drug-likeness (QED) is 0.00867. The topological polar surface area (TPSA) is 371 Å². The van der Waals surface area contributed by atoms with E-state index in [1.54, 1.807) is 32.7 Å². The third kappa shape index (κ3) is 29.3. The van der Waals surface area contributed by atoms with Crippen LogP contribution in [0.1, 0.15) is 70.8 Å². The number of rotatable bonds is 15. The van der Waals surface area contributed by atoms with Crippen LogP contribution in [0.4, 0.5) is 5.82 Å². The minimum Gasteiger partial charge on any atom is -0.464 e. The number of aromatic nitrogens is 9. The van der Waals surface area contributed by atoms with Gasteiger partial charge in [0.15, 0.2) is 24.2 Å². The minimum atomic E-state index is -0.852. The summed E-state index contributed by atoms with van der Waals surface area (Å²) < 4.78 is 27.8. The number of aromatic amines is 4. The van der Waals surface area contributed by atoms with Gasteiger partial charge in [-0.3, -0.25) is 10.2 Å². The molecule has 1 unspecified atom stereocenters. The highest BCUT2D eigenvalue weighted by molar-refractivity contribution is 9.09. The Hall–Kier alpha value is -9.49. The van der Waals surface area contributed by atoms with Crippen LogP contribution in [0.15, 0.2) is 163 Å². The molecule has 12 rings (SSSR count). The Morgan fingerprint density at radius 2 is 1.08 bits per heavy atom. The van der Waals surface area contributed by atoms with E-state index < -0.39 is 24.3 Å². The van der Waals surface area contributed by atoms with Gasteiger partial charge in [-0.25, -0.2) is 47.7 Å². The van der Waals surface area contributed by atoms with Crippen LogP contribution in [0.2, 0.25) is 5.15 Å². The lowest BCUT2D eigenvalue weighted by molar-refractivity contribution is -0.146. The van der Waals surface area contributed by atoms with Gasteiger partial charge in [-0.05, 0) is 69.6 Å². The average Bonchev–Trinajstić information content (AvgIpc) is 1.80. The fourth-order valence-electron chi connectivity index (χ4n) is 9.36. The van der Waals surface area contributed by atoms with E-state index in [-0.39, 0.29) is 62.7 Å². The van der Waals surface area contributed by atoms with Crippen molar-refractivity contribution in [2.24, 2.45) is 11.5 Å².